The van der Waals surface area contributed by atoms with Crippen LogP contribution in [0.1, 0.15) is 21.5 Å². The predicted molar refractivity (Wildman–Crippen MR) is 85.1 cm³/mol. The first-order valence-corrected chi connectivity index (χ1v) is 6.58. The highest BCUT2D eigenvalue weighted by atomic mass is 16.5. The average molecular weight is 299 g/mol. The molecule has 0 heterocycles. The fourth-order valence-electron chi connectivity index (χ4n) is 2.01. The smallest absolute Gasteiger partial charge is 0.252 e. The van der Waals surface area contributed by atoms with Gasteiger partial charge < -0.3 is 20.3 Å². The molecule has 2 aromatic rings. The summed E-state index contributed by atoms with van der Waals surface area (Å²) in [5.74, 6) is 0.514. The maximum Gasteiger partial charge on any atom is 0.252 e. The Morgan fingerprint density at radius 1 is 1.09 bits per heavy atom. The Kier molecular flexibility index (Phi) is 4.68. The summed E-state index contributed by atoms with van der Waals surface area (Å²) in [7, 11) is 3.15. The van der Waals surface area contributed by atoms with E-state index < -0.39 is 5.91 Å². The SMILES string of the molecule is COc1cc(/C=C/c2cccc(C(N)=O)c2O)cc(OC)c1. The van der Waals surface area contributed by atoms with Crippen LogP contribution in [0, 0.1) is 0 Å². The Morgan fingerprint density at radius 3 is 2.27 bits per heavy atom. The van der Waals surface area contributed by atoms with E-state index in [2.05, 4.69) is 0 Å². The first-order chi connectivity index (χ1) is 10.5. The van der Waals surface area contributed by atoms with Gasteiger partial charge in [-0.1, -0.05) is 24.3 Å². The van der Waals surface area contributed by atoms with Crippen LogP contribution in [0.5, 0.6) is 17.2 Å². The minimum atomic E-state index is -0.671. The maximum atomic E-state index is 11.2. The molecule has 1 amide bonds. The second-order valence-corrected chi connectivity index (χ2v) is 4.59. The summed E-state index contributed by atoms with van der Waals surface area (Å²) in [6, 6.07) is 10.2. The van der Waals surface area contributed by atoms with Gasteiger partial charge in [0.05, 0.1) is 19.8 Å². The zero-order valence-corrected chi connectivity index (χ0v) is 12.4. The molecule has 0 spiro atoms. The van der Waals surface area contributed by atoms with E-state index in [0.29, 0.717) is 17.1 Å². The van der Waals surface area contributed by atoms with Crippen LogP contribution in [0.3, 0.4) is 0 Å². The van der Waals surface area contributed by atoms with E-state index in [0.717, 1.165) is 5.56 Å². The lowest BCUT2D eigenvalue weighted by Gasteiger charge is -2.06. The number of carbonyl (C=O) groups is 1. The molecule has 22 heavy (non-hydrogen) atoms. The fourth-order valence-corrected chi connectivity index (χ4v) is 2.01. The minimum Gasteiger partial charge on any atom is -0.506 e. The van der Waals surface area contributed by atoms with Crippen molar-refractivity contribution < 1.29 is 19.4 Å². The molecule has 2 rings (SSSR count). The lowest BCUT2D eigenvalue weighted by Crippen LogP contribution is -2.11. The Morgan fingerprint density at radius 2 is 1.73 bits per heavy atom. The highest BCUT2D eigenvalue weighted by molar-refractivity contribution is 5.97. The largest absolute Gasteiger partial charge is 0.506 e. The van der Waals surface area contributed by atoms with Crippen LogP contribution in [-0.2, 0) is 0 Å². The summed E-state index contributed by atoms with van der Waals surface area (Å²) in [5.41, 5.74) is 6.63. The number of rotatable bonds is 5. The van der Waals surface area contributed by atoms with Gasteiger partial charge in [0.1, 0.15) is 17.2 Å². The standard InChI is InChI=1S/C17H17NO4/c1-21-13-8-11(9-14(10-13)22-2)6-7-12-4-3-5-15(16(12)19)17(18)20/h3-10,19H,1-2H3,(H2,18,20)/b7-6+. The molecule has 0 saturated carbocycles. The van der Waals surface area contributed by atoms with Crippen molar-refractivity contribution in [1.29, 1.82) is 0 Å². The molecule has 3 N–H and O–H groups in total. The summed E-state index contributed by atoms with van der Waals surface area (Å²) in [6.07, 6.45) is 3.47. The highest BCUT2D eigenvalue weighted by Gasteiger charge is 2.09. The van der Waals surface area contributed by atoms with E-state index in [1.54, 1.807) is 44.6 Å². The Labute approximate surface area is 128 Å². The number of hydrogen-bond donors (Lipinski definition) is 2. The van der Waals surface area contributed by atoms with Gasteiger partial charge in [0.25, 0.3) is 5.91 Å². The lowest BCUT2D eigenvalue weighted by molar-refractivity contribution is 0.0997. The topological polar surface area (TPSA) is 81.8 Å². The van der Waals surface area contributed by atoms with Gasteiger partial charge in [-0.05, 0) is 23.8 Å². The summed E-state index contributed by atoms with van der Waals surface area (Å²) in [5, 5.41) is 10.0. The molecule has 5 nitrogen and oxygen atoms in total. The van der Waals surface area contributed by atoms with Gasteiger partial charge in [0, 0.05) is 11.6 Å². The van der Waals surface area contributed by atoms with Gasteiger partial charge in [-0.25, -0.2) is 0 Å². The molecule has 0 aromatic heterocycles. The van der Waals surface area contributed by atoms with Crippen molar-refractivity contribution >= 4 is 18.1 Å². The minimum absolute atomic E-state index is 0.0883. The monoisotopic (exact) mass is 299 g/mol. The third-order valence-electron chi connectivity index (χ3n) is 3.16. The number of aromatic hydroxyl groups is 1. The number of hydrogen-bond acceptors (Lipinski definition) is 4. The van der Waals surface area contributed by atoms with E-state index >= 15 is 0 Å². The van der Waals surface area contributed by atoms with E-state index in [1.165, 1.54) is 6.07 Å². The molecule has 0 unspecified atom stereocenters. The maximum absolute atomic E-state index is 11.2. The third-order valence-corrected chi connectivity index (χ3v) is 3.16. The van der Waals surface area contributed by atoms with E-state index in [4.69, 9.17) is 15.2 Å². The molecule has 0 fully saturated rings. The Bertz CT molecular complexity index is 700. The molecule has 0 bridgehead atoms. The van der Waals surface area contributed by atoms with Crippen molar-refractivity contribution in [1.82, 2.24) is 0 Å². The van der Waals surface area contributed by atoms with Crippen LogP contribution in [0.2, 0.25) is 0 Å². The second kappa shape index (κ2) is 6.67. The van der Waals surface area contributed by atoms with Gasteiger partial charge in [0.15, 0.2) is 0 Å². The van der Waals surface area contributed by atoms with Gasteiger partial charge >= 0.3 is 0 Å². The molecule has 0 aliphatic heterocycles. The van der Waals surface area contributed by atoms with Crippen LogP contribution >= 0.6 is 0 Å². The molecular formula is C17H17NO4. The van der Waals surface area contributed by atoms with Crippen molar-refractivity contribution in [2.75, 3.05) is 14.2 Å². The van der Waals surface area contributed by atoms with Gasteiger partial charge in [-0.2, -0.15) is 0 Å². The molecule has 0 atom stereocenters. The summed E-state index contributed by atoms with van der Waals surface area (Å²) in [4.78, 5) is 11.2. The van der Waals surface area contributed by atoms with Crippen molar-refractivity contribution in [3.8, 4) is 17.2 Å². The van der Waals surface area contributed by atoms with Crippen LogP contribution in [0.15, 0.2) is 36.4 Å². The highest BCUT2D eigenvalue weighted by Crippen LogP contribution is 2.26. The van der Waals surface area contributed by atoms with Crippen LogP contribution < -0.4 is 15.2 Å². The number of nitrogens with two attached hydrogens (primary N) is 1. The summed E-state index contributed by atoms with van der Waals surface area (Å²) in [6.45, 7) is 0. The van der Waals surface area contributed by atoms with Gasteiger partial charge in [0.2, 0.25) is 0 Å². The van der Waals surface area contributed by atoms with Crippen LogP contribution in [0.25, 0.3) is 12.2 Å². The molecule has 0 aliphatic carbocycles. The quantitative estimate of drug-likeness (QED) is 0.832. The number of primary amides is 1. The average Bonchev–Trinajstić information content (AvgIpc) is 2.53. The van der Waals surface area contributed by atoms with Crippen LogP contribution in [-0.4, -0.2) is 25.2 Å². The molecule has 5 heteroatoms. The Balaban J connectivity index is 2.37. The third kappa shape index (κ3) is 3.38. The molecular weight excluding hydrogens is 282 g/mol. The number of amides is 1. The Hall–Kier alpha value is -2.95. The zero-order valence-electron chi connectivity index (χ0n) is 12.4. The van der Waals surface area contributed by atoms with E-state index in [-0.39, 0.29) is 11.3 Å². The van der Waals surface area contributed by atoms with E-state index in [1.807, 2.05) is 12.1 Å². The van der Waals surface area contributed by atoms with Crippen molar-refractivity contribution in [2.24, 2.45) is 5.73 Å². The first kappa shape index (κ1) is 15.4. The van der Waals surface area contributed by atoms with Crippen molar-refractivity contribution in [3.63, 3.8) is 0 Å². The first-order valence-electron chi connectivity index (χ1n) is 6.58. The van der Waals surface area contributed by atoms with Crippen LogP contribution in [0.4, 0.5) is 0 Å². The molecule has 0 radical (unpaired) electrons. The lowest BCUT2D eigenvalue weighted by atomic mass is 10.1. The zero-order chi connectivity index (χ0) is 16.1. The van der Waals surface area contributed by atoms with Gasteiger partial charge in [-0.15, -0.1) is 0 Å². The summed E-state index contributed by atoms with van der Waals surface area (Å²) >= 11 is 0. The summed E-state index contributed by atoms with van der Waals surface area (Å²) < 4.78 is 10.4. The van der Waals surface area contributed by atoms with E-state index in [9.17, 15) is 9.90 Å². The second-order valence-electron chi connectivity index (χ2n) is 4.59. The predicted octanol–water partition coefficient (Wildman–Crippen LogP) is 2.68. The number of benzene rings is 2. The molecule has 0 saturated heterocycles. The molecule has 2 aromatic carbocycles. The number of ether oxygens (including phenoxy) is 2. The van der Waals surface area contributed by atoms with Crippen molar-refractivity contribution in [2.45, 2.75) is 0 Å². The fraction of sp³-hybridized carbons (Fsp3) is 0.118. The number of carbonyl (C=O) groups excluding carboxylic acids is 1. The number of methoxy groups -OCH3 is 2. The normalized spacial score (nSPS) is 10.6. The molecule has 114 valence electrons. The molecule has 0 aliphatic rings. The number of para-hydroxylation sites is 1. The number of phenols is 1. The van der Waals surface area contributed by atoms with Gasteiger partial charge in [-0.3, -0.25) is 4.79 Å². The van der Waals surface area contributed by atoms with Crippen molar-refractivity contribution in [3.05, 3.63) is 53.1 Å².